The molecule has 0 aliphatic carbocycles. The van der Waals surface area contributed by atoms with E-state index >= 15 is 0 Å². The summed E-state index contributed by atoms with van der Waals surface area (Å²) in [4.78, 5) is 23.3. The molecule has 21 heavy (non-hydrogen) atoms. The summed E-state index contributed by atoms with van der Waals surface area (Å²) >= 11 is 0. The molecule has 0 amide bonds. The monoisotopic (exact) mass is 291 g/mol. The minimum absolute atomic E-state index is 0.0965. The first-order valence-corrected chi connectivity index (χ1v) is 6.52. The van der Waals surface area contributed by atoms with Crippen LogP contribution in [-0.2, 0) is 30.4 Å². The van der Waals surface area contributed by atoms with Gasteiger partial charge in [-0.05, 0) is 5.56 Å². The van der Waals surface area contributed by atoms with Crippen LogP contribution in [-0.4, -0.2) is 38.8 Å². The molecule has 1 heterocycles. The first-order valence-electron chi connectivity index (χ1n) is 6.52. The minimum atomic E-state index is -0.510. The van der Waals surface area contributed by atoms with Gasteiger partial charge in [0.15, 0.2) is 0 Å². The molecule has 112 valence electrons. The molecule has 1 N–H and O–H groups in total. The highest BCUT2D eigenvalue weighted by atomic mass is 16.5. The summed E-state index contributed by atoms with van der Waals surface area (Å²) in [6, 6.07) is 9.38. The second-order valence-electron chi connectivity index (χ2n) is 4.46. The Bertz CT molecular complexity index is 532. The van der Waals surface area contributed by atoms with E-state index in [-0.39, 0.29) is 18.8 Å². The van der Waals surface area contributed by atoms with E-state index in [2.05, 4.69) is 10.1 Å². The van der Waals surface area contributed by atoms with Gasteiger partial charge in [-0.15, -0.1) is 0 Å². The van der Waals surface area contributed by atoms with Crippen LogP contribution in [0.15, 0.2) is 41.6 Å². The van der Waals surface area contributed by atoms with Crippen LogP contribution in [0.4, 0.5) is 0 Å². The molecule has 2 rings (SSSR count). The predicted octanol–water partition coefficient (Wildman–Crippen LogP) is 0.777. The van der Waals surface area contributed by atoms with Gasteiger partial charge >= 0.3 is 11.9 Å². The number of esters is 2. The van der Waals surface area contributed by atoms with Crippen molar-refractivity contribution >= 4 is 11.9 Å². The molecule has 1 aliphatic rings. The van der Waals surface area contributed by atoms with Crippen molar-refractivity contribution in [1.82, 2.24) is 5.32 Å². The van der Waals surface area contributed by atoms with Crippen molar-refractivity contribution in [3.8, 4) is 0 Å². The van der Waals surface area contributed by atoms with E-state index in [9.17, 15) is 9.59 Å². The largest absolute Gasteiger partial charge is 0.464 e. The van der Waals surface area contributed by atoms with E-state index in [4.69, 9.17) is 9.47 Å². The Morgan fingerprint density at radius 1 is 1.24 bits per heavy atom. The molecule has 1 fully saturated rings. The summed E-state index contributed by atoms with van der Waals surface area (Å²) in [7, 11) is 1.29. The average Bonchev–Trinajstić information content (AvgIpc) is 2.47. The van der Waals surface area contributed by atoms with Gasteiger partial charge in [-0.25, -0.2) is 4.79 Å². The van der Waals surface area contributed by atoms with Crippen LogP contribution in [0.3, 0.4) is 0 Å². The van der Waals surface area contributed by atoms with Crippen LogP contribution in [0.25, 0.3) is 0 Å². The Kier molecular flexibility index (Phi) is 5.34. The van der Waals surface area contributed by atoms with Gasteiger partial charge in [-0.3, -0.25) is 4.79 Å². The highest BCUT2D eigenvalue weighted by Gasteiger charge is 2.22. The molecule has 6 heteroatoms. The van der Waals surface area contributed by atoms with Gasteiger partial charge in [-0.1, -0.05) is 30.3 Å². The van der Waals surface area contributed by atoms with Crippen molar-refractivity contribution in [3.63, 3.8) is 0 Å². The van der Waals surface area contributed by atoms with E-state index in [0.29, 0.717) is 13.2 Å². The molecule has 1 saturated heterocycles. The first kappa shape index (κ1) is 15.1. The number of rotatable bonds is 6. The zero-order chi connectivity index (χ0) is 15.1. The van der Waals surface area contributed by atoms with Gasteiger partial charge in [0.25, 0.3) is 0 Å². The van der Waals surface area contributed by atoms with Crippen LogP contribution >= 0.6 is 0 Å². The van der Waals surface area contributed by atoms with E-state index < -0.39 is 11.9 Å². The lowest BCUT2D eigenvalue weighted by Gasteiger charge is -2.21. The molecule has 0 spiro atoms. The maximum absolute atomic E-state index is 11.7. The molecule has 0 atom stereocenters. The summed E-state index contributed by atoms with van der Waals surface area (Å²) in [5, 5.41) is 2.76. The quantitative estimate of drug-likeness (QED) is 0.616. The fourth-order valence-electron chi connectivity index (χ4n) is 1.74. The van der Waals surface area contributed by atoms with Crippen LogP contribution < -0.4 is 5.32 Å². The lowest BCUT2D eigenvalue weighted by molar-refractivity contribution is -0.143. The van der Waals surface area contributed by atoms with Crippen molar-refractivity contribution in [2.24, 2.45) is 0 Å². The third-order valence-electron chi connectivity index (χ3n) is 2.95. The third kappa shape index (κ3) is 4.32. The van der Waals surface area contributed by atoms with Crippen molar-refractivity contribution in [3.05, 3.63) is 47.2 Å². The SMILES string of the molecule is COC(=O)C(NCC(=O)OCc1ccccc1)=C1COC1. The molecule has 1 aliphatic heterocycles. The standard InChI is InChI=1S/C15H17NO5/c1-19-15(18)14(12-9-20-10-12)16-7-13(17)21-8-11-5-3-2-4-6-11/h2-6,16H,7-10H2,1H3. The molecule has 1 aromatic carbocycles. The van der Waals surface area contributed by atoms with Gasteiger partial charge in [-0.2, -0.15) is 0 Å². The Hall–Kier alpha value is -2.34. The summed E-state index contributed by atoms with van der Waals surface area (Å²) in [5.41, 5.74) is 1.97. The first-order chi connectivity index (χ1) is 10.2. The summed E-state index contributed by atoms with van der Waals surface area (Å²) in [5.74, 6) is -0.953. The lowest BCUT2D eigenvalue weighted by atomic mass is 10.1. The zero-order valence-corrected chi connectivity index (χ0v) is 11.8. The Balaban J connectivity index is 1.81. The number of ether oxygens (including phenoxy) is 3. The van der Waals surface area contributed by atoms with Crippen molar-refractivity contribution in [1.29, 1.82) is 0 Å². The number of nitrogens with one attached hydrogen (secondary N) is 1. The highest BCUT2D eigenvalue weighted by molar-refractivity contribution is 5.89. The predicted molar refractivity (Wildman–Crippen MR) is 74.1 cm³/mol. The van der Waals surface area contributed by atoms with Crippen LogP contribution in [0, 0.1) is 0 Å². The van der Waals surface area contributed by atoms with Gasteiger partial charge in [0.05, 0.1) is 20.3 Å². The van der Waals surface area contributed by atoms with Crippen molar-refractivity contribution < 1.29 is 23.8 Å². The Morgan fingerprint density at radius 2 is 1.95 bits per heavy atom. The number of hydrogen-bond donors (Lipinski definition) is 1. The summed E-state index contributed by atoms with van der Waals surface area (Å²) in [6.07, 6.45) is 0. The second kappa shape index (κ2) is 7.44. The number of carbonyl (C=O) groups excluding carboxylic acids is 2. The lowest BCUT2D eigenvalue weighted by Crippen LogP contribution is -2.34. The third-order valence-corrected chi connectivity index (χ3v) is 2.95. The van der Waals surface area contributed by atoms with Crippen LogP contribution in [0.1, 0.15) is 5.56 Å². The fraction of sp³-hybridized carbons (Fsp3) is 0.333. The smallest absolute Gasteiger partial charge is 0.354 e. The topological polar surface area (TPSA) is 73.9 Å². The van der Waals surface area contributed by atoms with Crippen LogP contribution in [0.5, 0.6) is 0 Å². The van der Waals surface area contributed by atoms with Gasteiger partial charge in [0.2, 0.25) is 0 Å². The Morgan fingerprint density at radius 3 is 2.52 bits per heavy atom. The van der Waals surface area contributed by atoms with Crippen LogP contribution in [0.2, 0.25) is 0 Å². The average molecular weight is 291 g/mol. The van der Waals surface area contributed by atoms with E-state index in [1.807, 2.05) is 30.3 Å². The summed E-state index contributed by atoms with van der Waals surface area (Å²) < 4.78 is 14.8. The number of carbonyl (C=O) groups is 2. The zero-order valence-electron chi connectivity index (χ0n) is 11.8. The van der Waals surface area contributed by atoms with E-state index in [1.165, 1.54) is 7.11 Å². The molecule has 0 bridgehead atoms. The van der Waals surface area contributed by atoms with E-state index in [1.54, 1.807) is 0 Å². The second-order valence-corrected chi connectivity index (χ2v) is 4.46. The van der Waals surface area contributed by atoms with Gasteiger partial charge < -0.3 is 19.5 Å². The summed E-state index contributed by atoms with van der Waals surface area (Å²) in [6.45, 7) is 0.850. The maximum Gasteiger partial charge on any atom is 0.354 e. The molecule has 0 radical (unpaired) electrons. The fourth-order valence-corrected chi connectivity index (χ4v) is 1.74. The van der Waals surface area contributed by atoms with Crippen molar-refractivity contribution in [2.45, 2.75) is 6.61 Å². The highest BCUT2D eigenvalue weighted by Crippen LogP contribution is 2.13. The van der Waals surface area contributed by atoms with E-state index in [0.717, 1.165) is 11.1 Å². The molecular formula is C15H17NO5. The molecule has 0 aromatic heterocycles. The maximum atomic E-state index is 11.7. The van der Waals surface area contributed by atoms with Gasteiger partial charge in [0.1, 0.15) is 18.8 Å². The number of hydrogen-bond acceptors (Lipinski definition) is 6. The molecule has 0 saturated carbocycles. The molecule has 1 aromatic rings. The number of methoxy groups -OCH3 is 1. The normalized spacial score (nSPS) is 13.1. The molecular weight excluding hydrogens is 274 g/mol. The molecule has 6 nitrogen and oxygen atoms in total. The minimum Gasteiger partial charge on any atom is -0.464 e. The Labute approximate surface area is 122 Å². The van der Waals surface area contributed by atoms with Gasteiger partial charge in [0, 0.05) is 5.57 Å². The van der Waals surface area contributed by atoms with Crippen molar-refractivity contribution in [2.75, 3.05) is 26.9 Å². The number of benzene rings is 1. The molecule has 0 unspecified atom stereocenters.